The Bertz CT molecular complexity index is 482. The fraction of sp³-hybridized carbons (Fsp3) is 0.562. The Hall–Kier alpha value is -1.75. The van der Waals surface area contributed by atoms with E-state index in [0.29, 0.717) is 18.4 Å². The average Bonchev–Trinajstić information content (AvgIpc) is 2.44. The number of rotatable bonds is 5. The first-order valence-corrected chi connectivity index (χ1v) is 7.52. The summed E-state index contributed by atoms with van der Waals surface area (Å²) in [6, 6.07) is 5.82. The van der Waals surface area contributed by atoms with E-state index in [0.717, 1.165) is 38.0 Å². The zero-order chi connectivity index (χ0) is 15.2. The number of benzene rings is 1. The second kappa shape index (κ2) is 7.31. The monoisotopic (exact) mass is 292 g/mol. The topological polar surface area (TPSA) is 61.8 Å². The van der Waals surface area contributed by atoms with E-state index in [1.54, 1.807) is 13.0 Å². The lowest BCUT2D eigenvalue weighted by molar-refractivity contribution is -0.119. The summed E-state index contributed by atoms with van der Waals surface area (Å²) in [6.45, 7) is 6.79. The highest BCUT2D eigenvalue weighted by Gasteiger charge is 2.19. The van der Waals surface area contributed by atoms with Crippen molar-refractivity contribution in [3.8, 4) is 11.5 Å². The molecule has 0 aliphatic carbocycles. The number of ether oxygens (including phenoxy) is 1. The first-order chi connectivity index (χ1) is 10.1. The minimum atomic E-state index is 0.0494. The number of hydrogen-bond donors (Lipinski definition) is 2. The van der Waals surface area contributed by atoms with E-state index >= 15 is 0 Å². The molecule has 1 amide bonds. The Morgan fingerprint density at radius 1 is 1.43 bits per heavy atom. The van der Waals surface area contributed by atoms with Gasteiger partial charge in [-0.25, -0.2) is 0 Å². The van der Waals surface area contributed by atoms with Crippen molar-refractivity contribution in [3.63, 3.8) is 0 Å². The second-order valence-corrected chi connectivity index (χ2v) is 5.49. The van der Waals surface area contributed by atoms with Crippen LogP contribution in [0.5, 0.6) is 11.5 Å². The van der Waals surface area contributed by atoms with Crippen LogP contribution < -0.4 is 10.1 Å². The molecule has 0 atom stereocenters. The molecule has 1 saturated heterocycles. The highest BCUT2D eigenvalue weighted by Crippen LogP contribution is 2.27. The molecule has 0 radical (unpaired) electrons. The van der Waals surface area contributed by atoms with Crippen LogP contribution in [0.1, 0.15) is 32.3 Å². The third kappa shape index (κ3) is 4.63. The van der Waals surface area contributed by atoms with E-state index in [9.17, 15) is 9.90 Å². The van der Waals surface area contributed by atoms with Crippen molar-refractivity contribution in [3.05, 3.63) is 23.8 Å². The van der Waals surface area contributed by atoms with Gasteiger partial charge in [0.25, 0.3) is 0 Å². The number of phenolic OH excluding ortho intramolecular Hbond substituents is 1. The lowest BCUT2D eigenvalue weighted by atomic mass is 10.0. The summed E-state index contributed by atoms with van der Waals surface area (Å²) in [5.41, 5.74) is 1.13. The molecule has 1 fully saturated rings. The lowest BCUT2D eigenvalue weighted by Crippen LogP contribution is -2.43. The van der Waals surface area contributed by atoms with Crippen molar-refractivity contribution in [2.75, 3.05) is 19.7 Å². The van der Waals surface area contributed by atoms with Gasteiger partial charge in [-0.3, -0.25) is 9.69 Å². The van der Waals surface area contributed by atoms with Gasteiger partial charge in [-0.2, -0.15) is 0 Å². The number of carbonyl (C=O) groups is 1. The van der Waals surface area contributed by atoms with Crippen LogP contribution in [0.3, 0.4) is 0 Å². The summed E-state index contributed by atoms with van der Waals surface area (Å²) in [6.07, 6.45) is 1.96. The minimum absolute atomic E-state index is 0.0494. The normalized spacial score (nSPS) is 16.7. The number of hydrogen-bond acceptors (Lipinski definition) is 4. The molecule has 1 heterocycles. The number of carbonyl (C=O) groups excluding carboxylic acids is 1. The Labute approximate surface area is 125 Å². The van der Waals surface area contributed by atoms with E-state index in [1.807, 2.05) is 19.1 Å². The fourth-order valence-corrected chi connectivity index (χ4v) is 2.71. The van der Waals surface area contributed by atoms with Crippen LogP contribution in [-0.2, 0) is 11.3 Å². The SMILES string of the molecule is CCOc1cc(CN2CCC(NC(C)=O)CC2)ccc1O. The number of piperidine rings is 1. The maximum Gasteiger partial charge on any atom is 0.217 e. The van der Waals surface area contributed by atoms with Crippen molar-refractivity contribution in [2.24, 2.45) is 0 Å². The van der Waals surface area contributed by atoms with Crippen LogP contribution in [0.15, 0.2) is 18.2 Å². The molecule has 21 heavy (non-hydrogen) atoms. The van der Waals surface area contributed by atoms with Gasteiger partial charge in [0, 0.05) is 32.6 Å². The summed E-state index contributed by atoms with van der Waals surface area (Å²) in [4.78, 5) is 13.4. The van der Waals surface area contributed by atoms with Crippen LogP contribution in [0.2, 0.25) is 0 Å². The first-order valence-electron chi connectivity index (χ1n) is 7.52. The van der Waals surface area contributed by atoms with Crippen LogP contribution >= 0.6 is 0 Å². The molecule has 0 bridgehead atoms. The number of amides is 1. The maximum atomic E-state index is 11.1. The zero-order valence-electron chi connectivity index (χ0n) is 12.8. The van der Waals surface area contributed by atoms with E-state index in [4.69, 9.17) is 4.74 Å². The van der Waals surface area contributed by atoms with E-state index in [-0.39, 0.29) is 11.7 Å². The fourth-order valence-electron chi connectivity index (χ4n) is 2.71. The van der Waals surface area contributed by atoms with Crippen molar-refractivity contribution in [1.82, 2.24) is 10.2 Å². The largest absolute Gasteiger partial charge is 0.504 e. The van der Waals surface area contributed by atoms with Gasteiger partial charge in [-0.05, 0) is 37.5 Å². The average molecular weight is 292 g/mol. The smallest absolute Gasteiger partial charge is 0.217 e. The van der Waals surface area contributed by atoms with E-state index in [2.05, 4.69) is 10.2 Å². The molecule has 1 aliphatic rings. The van der Waals surface area contributed by atoms with Gasteiger partial charge in [-0.15, -0.1) is 0 Å². The third-order valence-electron chi connectivity index (χ3n) is 3.73. The second-order valence-electron chi connectivity index (χ2n) is 5.49. The van der Waals surface area contributed by atoms with Gasteiger partial charge < -0.3 is 15.2 Å². The number of aromatic hydroxyl groups is 1. The number of likely N-dealkylation sites (tertiary alicyclic amines) is 1. The summed E-state index contributed by atoms with van der Waals surface area (Å²) < 4.78 is 5.41. The predicted octanol–water partition coefficient (Wildman–Crippen LogP) is 1.89. The first kappa shape index (κ1) is 15.6. The highest BCUT2D eigenvalue weighted by molar-refractivity contribution is 5.73. The number of nitrogens with one attached hydrogen (secondary N) is 1. The number of phenols is 1. The molecule has 116 valence electrons. The van der Waals surface area contributed by atoms with Gasteiger partial charge in [0.2, 0.25) is 5.91 Å². The molecule has 0 spiro atoms. The van der Waals surface area contributed by atoms with Crippen molar-refractivity contribution in [1.29, 1.82) is 0 Å². The summed E-state index contributed by atoms with van der Waals surface area (Å²) >= 11 is 0. The molecule has 1 aliphatic heterocycles. The Morgan fingerprint density at radius 2 is 2.14 bits per heavy atom. The summed E-state index contributed by atoms with van der Waals surface area (Å²) in [5, 5.41) is 12.7. The van der Waals surface area contributed by atoms with Crippen molar-refractivity contribution in [2.45, 2.75) is 39.3 Å². The molecule has 0 unspecified atom stereocenters. The molecule has 5 heteroatoms. The molecule has 1 aromatic rings. The van der Waals surface area contributed by atoms with E-state index < -0.39 is 0 Å². The lowest BCUT2D eigenvalue weighted by Gasteiger charge is -2.32. The van der Waals surface area contributed by atoms with Gasteiger partial charge in [0.05, 0.1) is 6.61 Å². The maximum absolute atomic E-state index is 11.1. The molecule has 1 aromatic carbocycles. The molecule has 2 N–H and O–H groups in total. The number of nitrogens with zero attached hydrogens (tertiary/aromatic N) is 1. The molecule has 5 nitrogen and oxygen atoms in total. The third-order valence-corrected chi connectivity index (χ3v) is 3.73. The van der Waals surface area contributed by atoms with Crippen LogP contribution in [0, 0.1) is 0 Å². The molecule has 2 rings (SSSR count). The van der Waals surface area contributed by atoms with Crippen molar-refractivity contribution < 1.29 is 14.6 Å². The van der Waals surface area contributed by atoms with Crippen molar-refractivity contribution >= 4 is 5.91 Å². The van der Waals surface area contributed by atoms with Gasteiger partial charge in [0.15, 0.2) is 11.5 Å². The quantitative estimate of drug-likeness (QED) is 0.870. The van der Waals surface area contributed by atoms with Gasteiger partial charge in [-0.1, -0.05) is 6.07 Å². The standard InChI is InChI=1S/C16H24N2O3/c1-3-21-16-10-13(4-5-15(16)20)11-18-8-6-14(7-9-18)17-12(2)19/h4-5,10,14,20H,3,6-9,11H2,1-2H3,(H,17,19). The van der Waals surface area contributed by atoms with Gasteiger partial charge in [0.1, 0.15) is 0 Å². The molecule has 0 saturated carbocycles. The molecular weight excluding hydrogens is 268 g/mol. The Morgan fingerprint density at radius 3 is 2.76 bits per heavy atom. The summed E-state index contributed by atoms with van der Waals surface area (Å²) in [7, 11) is 0. The Balaban J connectivity index is 1.88. The van der Waals surface area contributed by atoms with Gasteiger partial charge >= 0.3 is 0 Å². The van der Waals surface area contributed by atoms with Crippen LogP contribution in [0.25, 0.3) is 0 Å². The highest BCUT2D eigenvalue weighted by atomic mass is 16.5. The Kier molecular flexibility index (Phi) is 5.44. The predicted molar refractivity (Wildman–Crippen MR) is 81.4 cm³/mol. The van der Waals surface area contributed by atoms with Crippen LogP contribution in [-0.4, -0.2) is 41.7 Å². The zero-order valence-corrected chi connectivity index (χ0v) is 12.8. The summed E-state index contributed by atoms with van der Waals surface area (Å²) in [5.74, 6) is 0.779. The van der Waals surface area contributed by atoms with E-state index in [1.165, 1.54) is 0 Å². The molecular formula is C16H24N2O3. The minimum Gasteiger partial charge on any atom is -0.504 e. The molecule has 0 aromatic heterocycles. The van der Waals surface area contributed by atoms with Crippen LogP contribution in [0.4, 0.5) is 0 Å².